The van der Waals surface area contributed by atoms with Gasteiger partial charge in [0.25, 0.3) is 0 Å². The normalized spacial score (nSPS) is 22.4. The van der Waals surface area contributed by atoms with Gasteiger partial charge in [-0.05, 0) is 30.0 Å². The molecule has 1 saturated carbocycles. The first-order valence-corrected chi connectivity index (χ1v) is 6.56. The highest BCUT2D eigenvalue weighted by molar-refractivity contribution is 7.10. The number of nitrogens with one attached hydrogen (secondary N) is 1. The van der Waals surface area contributed by atoms with E-state index in [1.54, 1.807) is 17.6 Å². The average molecular weight is 247 g/mol. The quantitative estimate of drug-likeness (QED) is 0.902. The van der Waals surface area contributed by atoms with E-state index in [2.05, 4.69) is 16.8 Å². The maximum Gasteiger partial charge on any atom is 0.224 e. The van der Waals surface area contributed by atoms with Gasteiger partial charge in [-0.2, -0.15) is 0 Å². The summed E-state index contributed by atoms with van der Waals surface area (Å²) in [5.41, 5.74) is 0. The van der Waals surface area contributed by atoms with Gasteiger partial charge >= 0.3 is 0 Å². The Labute approximate surface area is 103 Å². The molecule has 3 rings (SSSR count). The largest absolute Gasteiger partial charge is 0.467 e. The van der Waals surface area contributed by atoms with E-state index in [0.29, 0.717) is 12.5 Å². The van der Waals surface area contributed by atoms with Crippen LogP contribution in [0.25, 0.3) is 0 Å². The van der Waals surface area contributed by atoms with Crippen molar-refractivity contribution >= 4 is 17.2 Å². The van der Waals surface area contributed by atoms with Crippen LogP contribution in [0.2, 0.25) is 0 Å². The Morgan fingerprint density at radius 1 is 1.47 bits per heavy atom. The predicted octanol–water partition coefficient (Wildman–Crippen LogP) is 2.76. The lowest BCUT2D eigenvalue weighted by molar-refractivity contribution is -0.122. The van der Waals surface area contributed by atoms with Gasteiger partial charge in [-0.3, -0.25) is 4.79 Å². The summed E-state index contributed by atoms with van der Waals surface area (Å²) in [6, 6.07) is 7.84. The van der Waals surface area contributed by atoms with Gasteiger partial charge in [-0.15, -0.1) is 11.3 Å². The third-order valence-electron chi connectivity index (χ3n) is 3.05. The van der Waals surface area contributed by atoms with Crippen molar-refractivity contribution < 1.29 is 9.21 Å². The predicted molar refractivity (Wildman–Crippen MR) is 65.7 cm³/mol. The standard InChI is InChI=1S/C13H13NO2S/c15-13(14-8-9-3-1-5-16-9)11-7-10(11)12-4-2-6-17-12/h1-6,10-11H,7-8H2,(H,14,15). The second kappa shape index (κ2) is 4.37. The molecule has 2 aromatic rings. The van der Waals surface area contributed by atoms with Crippen LogP contribution in [-0.2, 0) is 11.3 Å². The average Bonchev–Trinajstić information content (AvgIpc) is 2.82. The highest BCUT2D eigenvalue weighted by Crippen LogP contribution is 2.49. The van der Waals surface area contributed by atoms with E-state index in [4.69, 9.17) is 4.42 Å². The fraction of sp³-hybridized carbons (Fsp3) is 0.308. The maximum atomic E-state index is 11.9. The zero-order chi connectivity index (χ0) is 11.7. The van der Waals surface area contributed by atoms with Gasteiger partial charge in [0, 0.05) is 16.7 Å². The summed E-state index contributed by atoms with van der Waals surface area (Å²) in [5.74, 6) is 1.53. The molecular formula is C13H13NO2S. The topological polar surface area (TPSA) is 42.2 Å². The molecule has 2 heterocycles. The number of rotatable bonds is 4. The Hall–Kier alpha value is -1.55. The lowest BCUT2D eigenvalue weighted by Gasteiger charge is -2.01. The van der Waals surface area contributed by atoms with Crippen LogP contribution in [0, 0.1) is 5.92 Å². The molecule has 3 nitrogen and oxygen atoms in total. The van der Waals surface area contributed by atoms with Gasteiger partial charge in [0.1, 0.15) is 5.76 Å². The van der Waals surface area contributed by atoms with Gasteiger partial charge in [0.05, 0.1) is 12.8 Å². The lowest BCUT2D eigenvalue weighted by Crippen LogP contribution is -2.24. The van der Waals surface area contributed by atoms with Crippen molar-refractivity contribution in [3.05, 3.63) is 46.5 Å². The third-order valence-corrected chi connectivity index (χ3v) is 4.06. The molecule has 2 unspecified atom stereocenters. The molecule has 1 amide bonds. The summed E-state index contributed by atoms with van der Waals surface area (Å²) in [5, 5.41) is 4.97. The van der Waals surface area contributed by atoms with E-state index in [1.807, 2.05) is 18.2 Å². The van der Waals surface area contributed by atoms with Crippen LogP contribution in [0.1, 0.15) is 23.0 Å². The summed E-state index contributed by atoms with van der Waals surface area (Å²) >= 11 is 1.73. The monoisotopic (exact) mass is 247 g/mol. The molecule has 2 atom stereocenters. The number of carbonyl (C=O) groups is 1. The summed E-state index contributed by atoms with van der Waals surface area (Å²) < 4.78 is 5.17. The zero-order valence-electron chi connectivity index (χ0n) is 9.26. The van der Waals surface area contributed by atoms with Gasteiger partial charge in [0.15, 0.2) is 0 Å². The summed E-state index contributed by atoms with van der Waals surface area (Å²) in [6.45, 7) is 0.486. The van der Waals surface area contributed by atoms with Crippen molar-refractivity contribution in [3.63, 3.8) is 0 Å². The lowest BCUT2D eigenvalue weighted by atomic mass is 10.2. The van der Waals surface area contributed by atoms with Crippen LogP contribution < -0.4 is 5.32 Å². The molecule has 17 heavy (non-hydrogen) atoms. The summed E-state index contributed by atoms with van der Waals surface area (Å²) in [6.07, 6.45) is 2.59. The second-order valence-electron chi connectivity index (χ2n) is 4.26. The molecule has 1 aliphatic rings. The van der Waals surface area contributed by atoms with E-state index < -0.39 is 0 Å². The van der Waals surface area contributed by atoms with Crippen LogP contribution in [-0.4, -0.2) is 5.91 Å². The zero-order valence-corrected chi connectivity index (χ0v) is 10.1. The minimum atomic E-state index is 0.139. The van der Waals surface area contributed by atoms with E-state index >= 15 is 0 Å². The first-order chi connectivity index (χ1) is 8.34. The van der Waals surface area contributed by atoms with Crippen LogP contribution in [0.15, 0.2) is 40.3 Å². The van der Waals surface area contributed by atoms with Crippen molar-refractivity contribution in [1.29, 1.82) is 0 Å². The highest BCUT2D eigenvalue weighted by atomic mass is 32.1. The van der Waals surface area contributed by atoms with Crippen molar-refractivity contribution in [2.75, 3.05) is 0 Å². The summed E-state index contributed by atoms with van der Waals surface area (Å²) in [7, 11) is 0. The highest BCUT2D eigenvalue weighted by Gasteiger charge is 2.44. The van der Waals surface area contributed by atoms with E-state index in [-0.39, 0.29) is 11.8 Å². The number of furan rings is 1. The van der Waals surface area contributed by atoms with E-state index in [1.165, 1.54) is 4.88 Å². The molecule has 88 valence electrons. The third kappa shape index (κ3) is 2.26. The van der Waals surface area contributed by atoms with Gasteiger partial charge in [0.2, 0.25) is 5.91 Å². The molecule has 0 aromatic carbocycles. The van der Waals surface area contributed by atoms with Crippen molar-refractivity contribution in [2.45, 2.75) is 18.9 Å². The van der Waals surface area contributed by atoms with Gasteiger partial charge in [-0.25, -0.2) is 0 Å². The maximum absolute atomic E-state index is 11.9. The molecule has 0 bridgehead atoms. The van der Waals surface area contributed by atoms with Crippen molar-refractivity contribution in [2.24, 2.45) is 5.92 Å². The number of hydrogen-bond acceptors (Lipinski definition) is 3. The Kier molecular flexibility index (Phi) is 2.73. The Bertz CT molecular complexity index is 489. The number of carbonyl (C=O) groups excluding carboxylic acids is 1. The molecule has 0 radical (unpaired) electrons. The number of thiophene rings is 1. The van der Waals surface area contributed by atoms with Gasteiger partial charge < -0.3 is 9.73 Å². The molecule has 1 N–H and O–H groups in total. The fourth-order valence-electron chi connectivity index (χ4n) is 2.02. The van der Waals surface area contributed by atoms with Crippen molar-refractivity contribution in [1.82, 2.24) is 5.32 Å². The smallest absolute Gasteiger partial charge is 0.224 e. The Morgan fingerprint density at radius 2 is 2.41 bits per heavy atom. The summed E-state index contributed by atoms with van der Waals surface area (Å²) in [4.78, 5) is 13.2. The number of amides is 1. The molecule has 0 saturated heterocycles. The van der Waals surface area contributed by atoms with Crippen LogP contribution in [0.5, 0.6) is 0 Å². The minimum absolute atomic E-state index is 0.139. The van der Waals surface area contributed by atoms with Crippen LogP contribution in [0.4, 0.5) is 0 Å². The SMILES string of the molecule is O=C(NCc1ccco1)C1CC1c1cccs1. The first-order valence-electron chi connectivity index (χ1n) is 5.68. The molecule has 0 aliphatic heterocycles. The molecular weight excluding hydrogens is 234 g/mol. The van der Waals surface area contributed by atoms with Crippen LogP contribution in [0.3, 0.4) is 0 Å². The minimum Gasteiger partial charge on any atom is -0.467 e. The molecule has 1 fully saturated rings. The van der Waals surface area contributed by atoms with E-state index in [9.17, 15) is 4.79 Å². The first kappa shape index (κ1) is 10.6. The molecule has 1 aliphatic carbocycles. The molecule has 2 aromatic heterocycles. The van der Waals surface area contributed by atoms with Gasteiger partial charge in [-0.1, -0.05) is 6.07 Å². The number of hydrogen-bond donors (Lipinski definition) is 1. The Morgan fingerprint density at radius 3 is 3.12 bits per heavy atom. The molecule has 4 heteroatoms. The second-order valence-corrected chi connectivity index (χ2v) is 5.24. The Balaban J connectivity index is 1.52. The molecule has 0 spiro atoms. The van der Waals surface area contributed by atoms with E-state index in [0.717, 1.165) is 12.2 Å². The fourth-order valence-corrected chi connectivity index (χ4v) is 2.93. The van der Waals surface area contributed by atoms with Crippen LogP contribution >= 0.6 is 11.3 Å². The van der Waals surface area contributed by atoms with Crippen molar-refractivity contribution in [3.8, 4) is 0 Å².